The number of carbonyl (C=O) groups is 1. The molecule has 4 rings (SSSR count). The van der Waals surface area contributed by atoms with Gasteiger partial charge in [-0.05, 0) is 69.1 Å². The van der Waals surface area contributed by atoms with Crippen molar-refractivity contribution in [3.63, 3.8) is 0 Å². The summed E-state index contributed by atoms with van der Waals surface area (Å²) in [6.07, 6.45) is 7.31. The molecule has 2 nitrogen and oxygen atoms in total. The first-order chi connectivity index (χ1) is 8.49. The average molecular weight is 271 g/mol. The molecule has 0 aromatic carbocycles. The standard InChI is InChI=1S/C15H23ClO2/c1-3-15(2,16)14(17)18-13-11-5-9-4-10(7-11)8-12(13)6-9/h9-13H,3-8H2,1-2H3. The van der Waals surface area contributed by atoms with Crippen LogP contribution >= 0.6 is 11.6 Å². The third kappa shape index (κ3) is 2.07. The Morgan fingerprint density at radius 2 is 1.67 bits per heavy atom. The van der Waals surface area contributed by atoms with E-state index < -0.39 is 4.87 Å². The molecule has 1 unspecified atom stereocenters. The third-order valence-corrected chi connectivity index (χ3v) is 5.89. The van der Waals surface area contributed by atoms with E-state index in [1.54, 1.807) is 6.92 Å². The van der Waals surface area contributed by atoms with Crippen molar-refractivity contribution in [3.05, 3.63) is 0 Å². The summed E-state index contributed by atoms with van der Waals surface area (Å²) in [6.45, 7) is 3.71. The van der Waals surface area contributed by atoms with Crippen LogP contribution in [0.3, 0.4) is 0 Å². The highest BCUT2D eigenvalue weighted by atomic mass is 35.5. The summed E-state index contributed by atoms with van der Waals surface area (Å²) in [5.41, 5.74) is 0. The van der Waals surface area contributed by atoms with Gasteiger partial charge >= 0.3 is 5.97 Å². The second-order valence-electron chi connectivity index (χ2n) is 6.85. The van der Waals surface area contributed by atoms with Crippen molar-refractivity contribution < 1.29 is 9.53 Å². The number of carbonyl (C=O) groups excluding carboxylic acids is 1. The van der Waals surface area contributed by atoms with E-state index in [1.165, 1.54) is 32.1 Å². The minimum Gasteiger partial charge on any atom is -0.460 e. The van der Waals surface area contributed by atoms with Crippen LogP contribution in [-0.2, 0) is 9.53 Å². The van der Waals surface area contributed by atoms with E-state index in [1.807, 2.05) is 6.92 Å². The van der Waals surface area contributed by atoms with Crippen LogP contribution in [0.4, 0.5) is 0 Å². The van der Waals surface area contributed by atoms with Crippen LogP contribution in [0.2, 0.25) is 0 Å². The first-order valence-corrected chi connectivity index (χ1v) is 7.77. The van der Waals surface area contributed by atoms with Crippen molar-refractivity contribution in [2.45, 2.75) is 63.4 Å². The molecule has 0 amide bonds. The minimum absolute atomic E-state index is 0.162. The van der Waals surface area contributed by atoms with E-state index in [4.69, 9.17) is 16.3 Å². The van der Waals surface area contributed by atoms with E-state index in [0.717, 1.165) is 11.8 Å². The molecule has 4 aliphatic rings. The zero-order valence-electron chi connectivity index (χ0n) is 11.3. The fraction of sp³-hybridized carbons (Fsp3) is 0.933. The van der Waals surface area contributed by atoms with Gasteiger partial charge in [-0.2, -0.15) is 0 Å². The molecule has 0 spiro atoms. The molecule has 18 heavy (non-hydrogen) atoms. The molecule has 4 fully saturated rings. The van der Waals surface area contributed by atoms with Crippen LogP contribution in [-0.4, -0.2) is 16.9 Å². The Kier molecular flexibility index (Phi) is 3.12. The number of hydrogen-bond acceptors (Lipinski definition) is 2. The van der Waals surface area contributed by atoms with Crippen molar-refractivity contribution in [2.24, 2.45) is 23.7 Å². The van der Waals surface area contributed by atoms with Crippen molar-refractivity contribution in [3.8, 4) is 0 Å². The van der Waals surface area contributed by atoms with Gasteiger partial charge in [0.05, 0.1) is 0 Å². The number of ether oxygens (including phenoxy) is 1. The van der Waals surface area contributed by atoms with Crippen LogP contribution in [0.15, 0.2) is 0 Å². The molecule has 0 heterocycles. The summed E-state index contributed by atoms with van der Waals surface area (Å²) in [7, 11) is 0. The van der Waals surface area contributed by atoms with E-state index in [-0.39, 0.29) is 12.1 Å². The molecule has 0 aromatic rings. The number of hydrogen-bond donors (Lipinski definition) is 0. The monoisotopic (exact) mass is 270 g/mol. The Labute approximate surface area is 114 Å². The summed E-state index contributed by atoms with van der Waals surface area (Å²) >= 11 is 6.21. The SMILES string of the molecule is CCC(C)(Cl)C(=O)OC1C2CC3CC(C2)CC1C3. The van der Waals surface area contributed by atoms with Crippen LogP contribution in [0.1, 0.15) is 52.4 Å². The summed E-state index contributed by atoms with van der Waals surface area (Å²) in [6, 6.07) is 0. The van der Waals surface area contributed by atoms with E-state index in [9.17, 15) is 4.79 Å². The molecule has 102 valence electrons. The normalized spacial score (nSPS) is 44.7. The van der Waals surface area contributed by atoms with Crippen LogP contribution < -0.4 is 0 Å². The maximum absolute atomic E-state index is 12.1. The summed E-state index contributed by atoms with van der Waals surface area (Å²) < 4.78 is 5.81. The van der Waals surface area contributed by atoms with Gasteiger partial charge < -0.3 is 4.74 Å². The summed E-state index contributed by atoms with van der Waals surface area (Å²) in [4.78, 5) is 11.3. The maximum atomic E-state index is 12.1. The van der Waals surface area contributed by atoms with Gasteiger partial charge in [-0.15, -0.1) is 11.6 Å². The zero-order valence-corrected chi connectivity index (χ0v) is 12.1. The lowest BCUT2D eigenvalue weighted by Gasteiger charge is -2.53. The van der Waals surface area contributed by atoms with Gasteiger partial charge in [0.15, 0.2) is 0 Å². The van der Waals surface area contributed by atoms with Crippen LogP contribution in [0, 0.1) is 23.7 Å². The summed E-state index contributed by atoms with van der Waals surface area (Å²) in [5.74, 6) is 2.86. The zero-order chi connectivity index (χ0) is 12.9. The molecule has 0 aliphatic heterocycles. The Hall–Kier alpha value is -0.240. The fourth-order valence-electron chi connectivity index (χ4n) is 4.46. The molecule has 4 aliphatic carbocycles. The van der Waals surface area contributed by atoms with Crippen LogP contribution in [0.25, 0.3) is 0 Å². The number of rotatable bonds is 3. The van der Waals surface area contributed by atoms with Crippen molar-refractivity contribution >= 4 is 17.6 Å². The first kappa shape index (κ1) is 12.8. The van der Waals surface area contributed by atoms with Crippen molar-refractivity contribution in [2.75, 3.05) is 0 Å². The lowest BCUT2D eigenvalue weighted by Crippen LogP contribution is -2.51. The fourth-order valence-corrected chi connectivity index (χ4v) is 4.50. The third-order valence-electron chi connectivity index (χ3n) is 5.47. The van der Waals surface area contributed by atoms with Crippen molar-refractivity contribution in [1.29, 1.82) is 0 Å². The van der Waals surface area contributed by atoms with Gasteiger partial charge in [0, 0.05) is 0 Å². The summed E-state index contributed by atoms with van der Waals surface area (Å²) in [5, 5.41) is 0. The smallest absolute Gasteiger partial charge is 0.327 e. The Bertz CT molecular complexity index is 322. The number of halogens is 1. The molecule has 0 saturated heterocycles. The second-order valence-corrected chi connectivity index (χ2v) is 7.69. The van der Waals surface area contributed by atoms with Gasteiger partial charge in [-0.1, -0.05) is 6.92 Å². The van der Waals surface area contributed by atoms with E-state index in [2.05, 4.69) is 0 Å². The van der Waals surface area contributed by atoms with Gasteiger partial charge in [0.25, 0.3) is 0 Å². The molecule has 0 aromatic heterocycles. The first-order valence-electron chi connectivity index (χ1n) is 7.39. The molecule has 0 N–H and O–H groups in total. The quantitative estimate of drug-likeness (QED) is 0.577. The molecule has 3 heteroatoms. The predicted molar refractivity (Wildman–Crippen MR) is 71.5 cm³/mol. The van der Waals surface area contributed by atoms with E-state index >= 15 is 0 Å². The van der Waals surface area contributed by atoms with Crippen LogP contribution in [0.5, 0.6) is 0 Å². The highest BCUT2D eigenvalue weighted by molar-refractivity contribution is 6.33. The topological polar surface area (TPSA) is 26.3 Å². The number of alkyl halides is 1. The minimum atomic E-state index is -0.839. The lowest BCUT2D eigenvalue weighted by atomic mass is 9.55. The molecule has 1 atom stereocenters. The number of esters is 1. The van der Waals surface area contributed by atoms with E-state index in [0.29, 0.717) is 18.3 Å². The Morgan fingerprint density at radius 1 is 1.17 bits per heavy atom. The Morgan fingerprint density at radius 3 is 2.11 bits per heavy atom. The van der Waals surface area contributed by atoms with Gasteiger partial charge in [-0.3, -0.25) is 4.79 Å². The molecule has 4 bridgehead atoms. The lowest BCUT2D eigenvalue weighted by molar-refractivity contribution is -0.173. The molecular weight excluding hydrogens is 248 g/mol. The molecule has 4 saturated carbocycles. The van der Waals surface area contributed by atoms with Gasteiger partial charge in [0.1, 0.15) is 11.0 Å². The average Bonchev–Trinajstić information content (AvgIpc) is 2.32. The highest BCUT2D eigenvalue weighted by Gasteiger charge is 2.50. The van der Waals surface area contributed by atoms with Crippen molar-refractivity contribution in [1.82, 2.24) is 0 Å². The second kappa shape index (κ2) is 4.40. The maximum Gasteiger partial charge on any atom is 0.327 e. The molecule has 0 radical (unpaired) electrons. The Balaban J connectivity index is 1.69. The van der Waals surface area contributed by atoms with Gasteiger partial charge in [-0.25, -0.2) is 0 Å². The molecular formula is C15H23ClO2. The highest BCUT2D eigenvalue weighted by Crippen LogP contribution is 2.54. The van der Waals surface area contributed by atoms with Gasteiger partial charge in [0.2, 0.25) is 0 Å². The largest absolute Gasteiger partial charge is 0.460 e. The predicted octanol–water partition coefficient (Wildman–Crippen LogP) is 3.76.